The second kappa shape index (κ2) is 7.50. The number of carbonyl (C=O) groups excluding carboxylic acids is 1. The molecule has 1 saturated heterocycles. The minimum absolute atomic E-state index is 0.0962. The van der Waals surface area contributed by atoms with E-state index < -0.39 is 0 Å². The van der Waals surface area contributed by atoms with Gasteiger partial charge in [-0.3, -0.25) is 4.79 Å². The molecule has 0 bridgehead atoms. The Kier molecular flexibility index (Phi) is 4.69. The van der Waals surface area contributed by atoms with Crippen molar-refractivity contribution < 1.29 is 9.21 Å². The van der Waals surface area contributed by atoms with Crippen molar-refractivity contribution >= 4 is 44.9 Å². The molecule has 0 atom stereocenters. The molecule has 0 N–H and O–H groups in total. The number of rotatable bonds is 3. The Labute approximate surface area is 176 Å². The number of pyridine rings is 1. The minimum atomic E-state index is -0.0962. The standard InChI is InChI=1S/C21H17ClN4O2S/c22-14-5-8-19(23-13-14)25-9-11-26(12-10-25)21(27)17-7-6-16(28-17)20-24-15-3-1-2-4-18(15)29-20/h1-8,13H,9-12H2. The molecule has 0 saturated carbocycles. The first kappa shape index (κ1) is 18.1. The summed E-state index contributed by atoms with van der Waals surface area (Å²) in [7, 11) is 0. The summed E-state index contributed by atoms with van der Waals surface area (Å²) in [6.07, 6.45) is 1.64. The van der Waals surface area contributed by atoms with E-state index in [1.54, 1.807) is 23.6 Å². The molecule has 1 fully saturated rings. The number of fused-ring (bicyclic) bond motifs is 1. The van der Waals surface area contributed by atoms with E-state index in [-0.39, 0.29) is 5.91 Å². The molecule has 6 nitrogen and oxygen atoms in total. The zero-order valence-electron chi connectivity index (χ0n) is 15.4. The number of carbonyl (C=O) groups is 1. The number of amides is 1. The van der Waals surface area contributed by atoms with E-state index in [4.69, 9.17) is 16.0 Å². The van der Waals surface area contributed by atoms with Crippen LogP contribution in [0.2, 0.25) is 5.02 Å². The second-order valence-electron chi connectivity index (χ2n) is 6.76. The first-order chi connectivity index (χ1) is 14.2. The Morgan fingerprint density at radius 1 is 1.03 bits per heavy atom. The highest BCUT2D eigenvalue weighted by atomic mass is 35.5. The average Bonchev–Trinajstić information content (AvgIpc) is 3.41. The van der Waals surface area contributed by atoms with Gasteiger partial charge in [-0.15, -0.1) is 11.3 Å². The van der Waals surface area contributed by atoms with Crippen molar-refractivity contribution in [1.29, 1.82) is 0 Å². The summed E-state index contributed by atoms with van der Waals surface area (Å²) in [6.45, 7) is 2.65. The van der Waals surface area contributed by atoms with Crippen LogP contribution in [0.3, 0.4) is 0 Å². The number of furan rings is 1. The van der Waals surface area contributed by atoms with Gasteiger partial charge in [0.25, 0.3) is 5.91 Å². The summed E-state index contributed by atoms with van der Waals surface area (Å²) in [5, 5.41) is 1.40. The highest BCUT2D eigenvalue weighted by Gasteiger charge is 2.25. The molecule has 0 radical (unpaired) electrons. The molecule has 4 heterocycles. The summed E-state index contributed by atoms with van der Waals surface area (Å²) in [6, 6.07) is 15.2. The third kappa shape index (κ3) is 3.59. The number of halogens is 1. The summed E-state index contributed by atoms with van der Waals surface area (Å²) in [5.74, 6) is 1.74. The van der Waals surface area contributed by atoms with Gasteiger partial charge in [0.15, 0.2) is 16.5 Å². The van der Waals surface area contributed by atoms with Gasteiger partial charge in [0, 0.05) is 32.4 Å². The molecule has 3 aromatic heterocycles. The van der Waals surface area contributed by atoms with Gasteiger partial charge in [-0.1, -0.05) is 23.7 Å². The van der Waals surface area contributed by atoms with Gasteiger partial charge in [0.1, 0.15) is 5.82 Å². The van der Waals surface area contributed by atoms with Crippen LogP contribution in [0.25, 0.3) is 21.0 Å². The van der Waals surface area contributed by atoms with E-state index in [1.165, 1.54) is 0 Å². The number of nitrogens with zero attached hydrogens (tertiary/aromatic N) is 4. The van der Waals surface area contributed by atoms with E-state index in [2.05, 4.69) is 14.9 Å². The predicted octanol–water partition coefficient (Wildman–Crippen LogP) is 4.57. The molecule has 0 spiro atoms. The number of benzene rings is 1. The van der Waals surface area contributed by atoms with E-state index in [9.17, 15) is 4.79 Å². The van der Waals surface area contributed by atoms with E-state index in [0.717, 1.165) is 21.0 Å². The van der Waals surface area contributed by atoms with Crippen LogP contribution >= 0.6 is 22.9 Å². The van der Waals surface area contributed by atoms with E-state index >= 15 is 0 Å². The van der Waals surface area contributed by atoms with Crippen molar-refractivity contribution in [2.24, 2.45) is 0 Å². The van der Waals surface area contributed by atoms with Crippen LogP contribution in [0.1, 0.15) is 10.6 Å². The third-order valence-corrected chi connectivity index (χ3v) is 6.20. The average molecular weight is 425 g/mol. The van der Waals surface area contributed by atoms with Crippen LogP contribution < -0.4 is 4.90 Å². The number of hydrogen-bond acceptors (Lipinski definition) is 6. The van der Waals surface area contributed by atoms with Gasteiger partial charge >= 0.3 is 0 Å². The van der Waals surface area contributed by atoms with Crippen molar-refractivity contribution in [2.75, 3.05) is 31.1 Å². The van der Waals surface area contributed by atoms with Crippen LogP contribution in [0, 0.1) is 0 Å². The number of piperazine rings is 1. The number of thiazole rings is 1. The molecule has 29 heavy (non-hydrogen) atoms. The SMILES string of the molecule is O=C(c1ccc(-c2nc3ccccc3s2)o1)N1CCN(c2ccc(Cl)cn2)CC1. The first-order valence-corrected chi connectivity index (χ1v) is 10.5. The van der Waals surface area contributed by atoms with Gasteiger partial charge < -0.3 is 14.2 Å². The zero-order valence-corrected chi connectivity index (χ0v) is 17.0. The van der Waals surface area contributed by atoms with Gasteiger partial charge in [0.05, 0.1) is 15.2 Å². The zero-order chi connectivity index (χ0) is 19.8. The van der Waals surface area contributed by atoms with Crippen molar-refractivity contribution in [3.8, 4) is 10.8 Å². The van der Waals surface area contributed by atoms with E-state index in [1.807, 2.05) is 47.4 Å². The third-order valence-electron chi connectivity index (χ3n) is 4.92. The van der Waals surface area contributed by atoms with Crippen LogP contribution in [0.15, 0.2) is 59.1 Å². The highest BCUT2D eigenvalue weighted by Crippen LogP contribution is 2.31. The Morgan fingerprint density at radius 2 is 1.86 bits per heavy atom. The largest absolute Gasteiger partial charge is 0.448 e. The maximum atomic E-state index is 12.9. The molecule has 1 amide bonds. The van der Waals surface area contributed by atoms with Crippen molar-refractivity contribution in [1.82, 2.24) is 14.9 Å². The minimum Gasteiger partial charge on any atom is -0.448 e. The van der Waals surface area contributed by atoms with Gasteiger partial charge in [-0.25, -0.2) is 9.97 Å². The lowest BCUT2D eigenvalue weighted by atomic mass is 10.2. The lowest BCUT2D eigenvalue weighted by molar-refractivity contribution is 0.0715. The second-order valence-corrected chi connectivity index (χ2v) is 8.23. The van der Waals surface area contributed by atoms with Gasteiger partial charge in [-0.05, 0) is 36.4 Å². The molecule has 146 valence electrons. The molecular formula is C21H17ClN4O2S. The molecule has 5 rings (SSSR count). The molecule has 1 aliphatic heterocycles. The molecule has 4 aromatic rings. The highest BCUT2D eigenvalue weighted by molar-refractivity contribution is 7.21. The van der Waals surface area contributed by atoms with Crippen molar-refractivity contribution in [3.05, 3.63) is 65.5 Å². The van der Waals surface area contributed by atoms with E-state index in [0.29, 0.717) is 42.7 Å². The molecule has 0 unspecified atom stereocenters. The maximum Gasteiger partial charge on any atom is 0.289 e. The lowest BCUT2D eigenvalue weighted by Crippen LogP contribution is -2.49. The Morgan fingerprint density at radius 3 is 2.62 bits per heavy atom. The quantitative estimate of drug-likeness (QED) is 0.482. The summed E-state index contributed by atoms with van der Waals surface area (Å²) < 4.78 is 6.95. The fourth-order valence-corrected chi connectivity index (χ4v) is 4.43. The molecule has 1 aromatic carbocycles. The van der Waals surface area contributed by atoms with Crippen molar-refractivity contribution in [2.45, 2.75) is 0 Å². The van der Waals surface area contributed by atoms with Crippen LogP contribution in [-0.2, 0) is 0 Å². The topological polar surface area (TPSA) is 62.5 Å². The number of para-hydroxylation sites is 1. The predicted molar refractivity (Wildman–Crippen MR) is 115 cm³/mol. The normalized spacial score (nSPS) is 14.5. The number of aromatic nitrogens is 2. The fourth-order valence-electron chi connectivity index (χ4n) is 3.39. The fraction of sp³-hybridized carbons (Fsp3) is 0.190. The van der Waals surface area contributed by atoms with Gasteiger partial charge in [-0.2, -0.15) is 0 Å². The van der Waals surface area contributed by atoms with Crippen LogP contribution in [0.5, 0.6) is 0 Å². The summed E-state index contributed by atoms with van der Waals surface area (Å²) in [4.78, 5) is 25.8. The summed E-state index contributed by atoms with van der Waals surface area (Å²) in [5.41, 5.74) is 0.934. The number of anilines is 1. The monoisotopic (exact) mass is 424 g/mol. The van der Waals surface area contributed by atoms with Crippen LogP contribution in [0.4, 0.5) is 5.82 Å². The number of hydrogen-bond donors (Lipinski definition) is 0. The lowest BCUT2D eigenvalue weighted by Gasteiger charge is -2.35. The Balaban J connectivity index is 1.27. The Bertz CT molecular complexity index is 1130. The van der Waals surface area contributed by atoms with Gasteiger partial charge in [0.2, 0.25) is 0 Å². The first-order valence-electron chi connectivity index (χ1n) is 9.29. The molecule has 1 aliphatic rings. The smallest absolute Gasteiger partial charge is 0.289 e. The Hall–Kier alpha value is -2.90. The van der Waals surface area contributed by atoms with Crippen molar-refractivity contribution in [3.63, 3.8) is 0 Å². The molecule has 0 aliphatic carbocycles. The molecule has 8 heteroatoms. The summed E-state index contributed by atoms with van der Waals surface area (Å²) >= 11 is 7.46. The van der Waals surface area contributed by atoms with Crippen LogP contribution in [-0.4, -0.2) is 47.0 Å². The molecular weight excluding hydrogens is 408 g/mol. The maximum absolute atomic E-state index is 12.9.